The molecule has 3 aliphatic rings. The number of ether oxygens (including phenoxy) is 2. The quantitative estimate of drug-likeness (QED) is 0.427. The van der Waals surface area contributed by atoms with Crippen molar-refractivity contribution in [1.82, 2.24) is 20.9 Å². The summed E-state index contributed by atoms with van der Waals surface area (Å²) in [6.45, 7) is 13.2. The molecule has 0 aromatic heterocycles. The van der Waals surface area contributed by atoms with Crippen LogP contribution in [0.25, 0.3) is 0 Å². The highest BCUT2D eigenvalue weighted by atomic mass is 16.5. The van der Waals surface area contributed by atoms with Gasteiger partial charge >= 0.3 is 0 Å². The molecule has 10 nitrogen and oxygen atoms in total. The van der Waals surface area contributed by atoms with Gasteiger partial charge in [-0.15, -0.1) is 0 Å². The van der Waals surface area contributed by atoms with E-state index < -0.39 is 23.1 Å². The van der Waals surface area contributed by atoms with Crippen molar-refractivity contribution in [3.8, 4) is 0 Å². The molecule has 0 aliphatic carbocycles. The predicted octanol–water partition coefficient (Wildman–Crippen LogP) is 2.32. The first-order chi connectivity index (χ1) is 18.8. The van der Waals surface area contributed by atoms with Crippen LogP contribution in [0.1, 0.15) is 80.1 Å². The van der Waals surface area contributed by atoms with Crippen LogP contribution >= 0.6 is 0 Å². The van der Waals surface area contributed by atoms with E-state index in [9.17, 15) is 19.2 Å². The van der Waals surface area contributed by atoms with Crippen LogP contribution in [0.15, 0.2) is 12.2 Å². The van der Waals surface area contributed by atoms with Crippen LogP contribution in [0, 0.1) is 17.3 Å². The van der Waals surface area contributed by atoms with E-state index in [2.05, 4.69) is 28.1 Å². The molecule has 1 spiro atoms. The summed E-state index contributed by atoms with van der Waals surface area (Å²) in [5, 5.41) is 9.04. The summed E-state index contributed by atoms with van der Waals surface area (Å²) in [6, 6.07) is -1.38. The Kier molecular flexibility index (Phi) is 11.2. The molecule has 4 amide bonds. The monoisotopic (exact) mass is 562 g/mol. The number of hydrogen-bond acceptors (Lipinski definition) is 6. The normalized spacial score (nSPS) is 27.5. The van der Waals surface area contributed by atoms with Gasteiger partial charge in [-0.25, -0.2) is 0 Å². The van der Waals surface area contributed by atoms with E-state index in [0.29, 0.717) is 52.0 Å². The van der Waals surface area contributed by atoms with Crippen molar-refractivity contribution in [2.24, 2.45) is 17.3 Å². The Hall–Kier alpha value is -2.46. The summed E-state index contributed by atoms with van der Waals surface area (Å²) in [7, 11) is 0. The van der Waals surface area contributed by atoms with Gasteiger partial charge in [-0.1, -0.05) is 26.0 Å². The summed E-state index contributed by atoms with van der Waals surface area (Å²) in [6.07, 6.45) is 7.75. The molecule has 3 aliphatic heterocycles. The number of carbonyl (C=O) groups excluding carboxylic acids is 4. The maximum atomic E-state index is 13.9. The molecule has 0 saturated carbocycles. The highest BCUT2D eigenvalue weighted by Gasteiger charge is 2.44. The smallest absolute Gasteiger partial charge is 0.247 e. The molecule has 2 saturated heterocycles. The Bertz CT molecular complexity index is 935. The van der Waals surface area contributed by atoms with Crippen molar-refractivity contribution < 1.29 is 28.7 Å². The van der Waals surface area contributed by atoms with E-state index in [0.717, 1.165) is 12.8 Å². The summed E-state index contributed by atoms with van der Waals surface area (Å²) < 4.78 is 11.5. The number of nitrogens with zero attached hydrogens (tertiary/aromatic N) is 1. The maximum Gasteiger partial charge on any atom is 0.247 e. The second-order valence-electron chi connectivity index (χ2n) is 13.1. The number of piperidine rings is 1. The van der Waals surface area contributed by atoms with Crippen molar-refractivity contribution in [3.05, 3.63) is 12.2 Å². The van der Waals surface area contributed by atoms with Crippen molar-refractivity contribution in [1.29, 1.82) is 0 Å². The molecule has 0 bridgehead atoms. The first kappa shape index (κ1) is 32.1. The van der Waals surface area contributed by atoms with Crippen LogP contribution < -0.4 is 16.0 Å². The predicted molar refractivity (Wildman–Crippen MR) is 152 cm³/mol. The van der Waals surface area contributed by atoms with Gasteiger partial charge in [-0.05, 0) is 65.2 Å². The standard InChI is InChI=1S/C30H50N4O6/c1-20(2)17-24-26(36)32-23-10-16-39-18-22(23)9-7-8-11-30(28(38)33-24)12-14-34(15-13-30)27(37)25(31-21(3)35)19-40-29(4,5)6/h7-8,20,22-25H,9-19H2,1-6H3,(H,31,35)(H,32,36)(H,33,38)/b8-7+/t22-,23+,24+,25+/m1/s1. The van der Waals surface area contributed by atoms with Gasteiger partial charge in [0.05, 0.1) is 24.2 Å². The van der Waals surface area contributed by atoms with E-state index >= 15 is 0 Å². The lowest BCUT2D eigenvalue weighted by Gasteiger charge is -2.42. The summed E-state index contributed by atoms with van der Waals surface area (Å²) in [4.78, 5) is 54.2. The van der Waals surface area contributed by atoms with E-state index in [4.69, 9.17) is 9.47 Å². The van der Waals surface area contributed by atoms with Crippen molar-refractivity contribution in [3.63, 3.8) is 0 Å². The van der Waals surface area contributed by atoms with E-state index in [1.165, 1.54) is 6.92 Å². The Morgan fingerprint density at radius 1 is 1.18 bits per heavy atom. The number of allylic oxidation sites excluding steroid dienone is 2. The molecule has 10 heteroatoms. The number of hydrogen-bond donors (Lipinski definition) is 3. The minimum absolute atomic E-state index is 0.0268. The van der Waals surface area contributed by atoms with Crippen LogP contribution in [0.4, 0.5) is 0 Å². The van der Waals surface area contributed by atoms with Gasteiger partial charge in [0.2, 0.25) is 23.6 Å². The minimum Gasteiger partial charge on any atom is -0.381 e. The third-order valence-corrected chi connectivity index (χ3v) is 8.12. The van der Waals surface area contributed by atoms with E-state index in [1.807, 2.05) is 34.6 Å². The van der Waals surface area contributed by atoms with E-state index in [-0.39, 0.29) is 48.1 Å². The zero-order valence-corrected chi connectivity index (χ0v) is 25.2. The van der Waals surface area contributed by atoms with Crippen molar-refractivity contribution in [2.75, 3.05) is 32.9 Å². The number of nitrogens with one attached hydrogen (secondary N) is 3. The third-order valence-electron chi connectivity index (χ3n) is 8.12. The number of fused-ring (bicyclic) bond motifs is 1. The van der Waals surface area contributed by atoms with Gasteiger partial charge in [0.1, 0.15) is 12.1 Å². The molecule has 4 atom stereocenters. The Morgan fingerprint density at radius 2 is 1.88 bits per heavy atom. The lowest BCUT2D eigenvalue weighted by atomic mass is 9.74. The zero-order valence-electron chi connectivity index (χ0n) is 25.2. The highest BCUT2D eigenvalue weighted by Crippen LogP contribution is 2.37. The highest BCUT2D eigenvalue weighted by molar-refractivity contribution is 5.91. The Balaban J connectivity index is 1.77. The molecule has 0 aromatic carbocycles. The molecule has 3 N–H and O–H groups in total. The lowest BCUT2D eigenvalue weighted by Crippen LogP contribution is -2.58. The van der Waals surface area contributed by atoms with Crippen LogP contribution in [0.3, 0.4) is 0 Å². The Labute approximate surface area is 239 Å². The van der Waals surface area contributed by atoms with Gasteiger partial charge in [-0.3, -0.25) is 19.2 Å². The first-order valence-electron chi connectivity index (χ1n) is 14.8. The maximum absolute atomic E-state index is 13.9. The van der Waals surface area contributed by atoms with Crippen LogP contribution in [-0.4, -0.2) is 85.2 Å². The molecule has 3 rings (SSSR count). The molecule has 3 heterocycles. The molecular weight excluding hydrogens is 512 g/mol. The summed E-state index contributed by atoms with van der Waals surface area (Å²) in [5.74, 6) is -0.357. The fourth-order valence-corrected chi connectivity index (χ4v) is 5.75. The van der Waals surface area contributed by atoms with Gasteiger partial charge in [0, 0.05) is 38.6 Å². The number of carbonyl (C=O) groups is 4. The van der Waals surface area contributed by atoms with Crippen molar-refractivity contribution in [2.45, 2.75) is 104 Å². The zero-order chi connectivity index (χ0) is 29.5. The second kappa shape index (κ2) is 13.9. The largest absolute Gasteiger partial charge is 0.381 e. The third kappa shape index (κ3) is 9.03. The summed E-state index contributed by atoms with van der Waals surface area (Å²) >= 11 is 0. The van der Waals surface area contributed by atoms with Gasteiger partial charge < -0.3 is 30.3 Å². The fraction of sp³-hybridized carbons (Fsp3) is 0.800. The molecule has 226 valence electrons. The topological polar surface area (TPSA) is 126 Å². The van der Waals surface area contributed by atoms with Crippen LogP contribution in [-0.2, 0) is 28.7 Å². The number of amides is 4. The Morgan fingerprint density at radius 3 is 2.50 bits per heavy atom. The second-order valence-corrected chi connectivity index (χ2v) is 13.1. The van der Waals surface area contributed by atoms with Crippen LogP contribution in [0.5, 0.6) is 0 Å². The van der Waals surface area contributed by atoms with E-state index in [1.54, 1.807) is 4.90 Å². The number of rotatable bonds is 6. The average molecular weight is 563 g/mol. The molecule has 0 radical (unpaired) electrons. The summed E-state index contributed by atoms with van der Waals surface area (Å²) in [5.41, 5.74) is -1.18. The van der Waals surface area contributed by atoms with Gasteiger partial charge in [0.25, 0.3) is 0 Å². The molecule has 0 aromatic rings. The molecule has 0 unspecified atom stereocenters. The van der Waals surface area contributed by atoms with Gasteiger partial charge in [0.15, 0.2) is 0 Å². The lowest BCUT2D eigenvalue weighted by molar-refractivity contribution is -0.146. The molecule has 2 fully saturated rings. The number of likely N-dealkylation sites (tertiary alicyclic amines) is 1. The van der Waals surface area contributed by atoms with Crippen LogP contribution in [0.2, 0.25) is 0 Å². The molecular formula is C30H50N4O6. The average Bonchev–Trinajstić information content (AvgIpc) is 2.88. The van der Waals surface area contributed by atoms with Gasteiger partial charge in [-0.2, -0.15) is 0 Å². The molecule has 40 heavy (non-hydrogen) atoms. The minimum atomic E-state index is -0.791. The fourth-order valence-electron chi connectivity index (χ4n) is 5.75. The van der Waals surface area contributed by atoms with Crippen molar-refractivity contribution >= 4 is 23.6 Å². The SMILES string of the molecule is CC(=O)N[C@@H](COC(C)(C)C)C(=O)N1CCC2(C/C=C/C[C@@H]3COCC[C@@H]3NC(=O)[C@H](CC(C)C)NC2=O)CC1. The first-order valence-corrected chi connectivity index (χ1v) is 14.8.